The molecule has 0 aliphatic heterocycles. The Labute approximate surface area is 73.9 Å². The first kappa shape index (κ1) is 9.01. The van der Waals surface area contributed by atoms with Gasteiger partial charge in [0.1, 0.15) is 0 Å². The summed E-state index contributed by atoms with van der Waals surface area (Å²) in [4.78, 5) is 0. The minimum atomic E-state index is -0.337. The van der Waals surface area contributed by atoms with Crippen LogP contribution in [0.1, 0.15) is 19.4 Å². The van der Waals surface area contributed by atoms with Crippen molar-refractivity contribution in [3.8, 4) is 0 Å². The van der Waals surface area contributed by atoms with Gasteiger partial charge in [0, 0.05) is 0 Å². The minimum Gasteiger partial charge on any atom is -0.318 e. The van der Waals surface area contributed by atoms with Gasteiger partial charge in [-0.2, -0.15) is 0 Å². The van der Waals surface area contributed by atoms with Crippen LogP contribution in [0.5, 0.6) is 0 Å². The van der Waals surface area contributed by atoms with E-state index in [4.69, 9.17) is 5.73 Å². The molecule has 0 amide bonds. The van der Waals surface area contributed by atoms with E-state index >= 15 is 0 Å². The first-order valence-corrected chi connectivity index (χ1v) is 4.15. The molecule has 0 spiro atoms. The number of allylic oxidation sites excluding steroid dienone is 1. The average molecular weight is 161 g/mol. The van der Waals surface area contributed by atoms with Crippen LogP contribution in [0.4, 0.5) is 0 Å². The third-order valence-corrected chi connectivity index (χ3v) is 1.91. The molecule has 1 aromatic carbocycles. The summed E-state index contributed by atoms with van der Waals surface area (Å²) in [6, 6.07) is 10.1. The summed E-state index contributed by atoms with van der Waals surface area (Å²) >= 11 is 0. The molecule has 1 atom stereocenters. The highest BCUT2D eigenvalue weighted by Gasteiger charge is 2.15. The Bertz CT molecular complexity index is 260. The van der Waals surface area contributed by atoms with Gasteiger partial charge in [0.05, 0.1) is 5.54 Å². The molecule has 0 saturated carbocycles. The number of rotatable bonds is 2. The third kappa shape index (κ3) is 1.95. The summed E-state index contributed by atoms with van der Waals surface area (Å²) < 4.78 is 0. The van der Waals surface area contributed by atoms with Gasteiger partial charge >= 0.3 is 0 Å². The Morgan fingerprint density at radius 1 is 1.25 bits per heavy atom. The van der Waals surface area contributed by atoms with Crippen LogP contribution in [0, 0.1) is 0 Å². The summed E-state index contributed by atoms with van der Waals surface area (Å²) in [7, 11) is 0. The summed E-state index contributed by atoms with van der Waals surface area (Å²) in [5.41, 5.74) is 6.87. The zero-order valence-corrected chi connectivity index (χ0v) is 7.62. The van der Waals surface area contributed by atoms with Crippen molar-refractivity contribution in [2.24, 2.45) is 5.73 Å². The van der Waals surface area contributed by atoms with Gasteiger partial charge in [0.15, 0.2) is 0 Å². The quantitative estimate of drug-likeness (QED) is 0.662. The van der Waals surface area contributed by atoms with E-state index in [0.29, 0.717) is 0 Å². The van der Waals surface area contributed by atoms with Gasteiger partial charge in [-0.3, -0.25) is 0 Å². The Morgan fingerprint density at radius 2 is 1.83 bits per heavy atom. The van der Waals surface area contributed by atoms with E-state index < -0.39 is 0 Å². The molecule has 1 aromatic rings. The van der Waals surface area contributed by atoms with Crippen LogP contribution in [0.25, 0.3) is 0 Å². The van der Waals surface area contributed by atoms with Gasteiger partial charge < -0.3 is 5.73 Å². The highest BCUT2D eigenvalue weighted by atomic mass is 14.7. The summed E-state index contributed by atoms with van der Waals surface area (Å²) in [6.07, 6.45) is 3.98. The predicted molar refractivity (Wildman–Crippen MR) is 52.8 cm³/mol. The van der Waals surface area contributed by atoms with E-state index in [2.05, 4.69) is 0 Å². The van der Waals surface area contributed by atoms with Gasteiger partial charge in [-0.15, -0.1) is 0 Å². The lowest BCUT2D eigenvalue weighted by molar-refractivity contribution is 0.629. The minimum absolute atomic E-state index is 0.337. The summed E-state index contributed by atoms with van der Waals surface area (Å²) in [6.45, 7) is 3.98. The number of benzene rings is 1. The highest BCUT2D eigenvalue weighted by Crippen LogP contribution is 2.18. The van der Waals surface area contributed by atoms with Crippen LogP contribution >= 0.6 is 0 Å². The van der Waals surface area contributed by atoms with Crippen molar-refractivity contribution in [2.75, 3.05) is 0 Å². The maximum atomic E-state index is 6.06. The van der Waals surface area contributed by atoms with Crippen LogP contribution in [0.3, 0.4) is 0 Å². The second-order valence-corrected chi connectivity index (χ2v) is 3.15. The van der Waals surface area contributed by atoms with Crippen LogP contribution < -0.4 is 5.73 Å². The third-order valence-electron chi connectivity index (χ3n) is 1.91. The Morgan fingerprint density at radius 3 is 2.33 bits per heavy atom. The monoisotopic (exact) mass is 161 g/mol. The number of nitrogens with two attached hydrogens (primary N) is 1. The van der Waals surface area contributed by atoms with Crippen molar-refractivity contribution >= 4 is 0 Å². The zero-order valence-electron chi connectivity index (χ0n) is 7.62. The molecule has 1 nitrogen and oxygen atoms in total. The first-order valence-electron chi connectivity index (χ1n) is 4.15. The number of hydrogen-bond donors (Lipinski definition) is 1. The summed E-state index contributed by atoms with van der Waals surface area (Å²) in [5, 5.41) is 0. The molecule has 0 aliphatic rings. The van der Waals surface area contributed by atoms with Gasteiger partial charge in [-0.1, -0.05) is 42.5 Å². The fourth-order valence-corrected chi connectivity index (χ4v) is 1.24. The molecule has 0 fully saturated rings. The molecule has 0 unspecified atom stereocenters. The predicted octanol–water partition coefficient (Wildman–Crippen LogP) is 2.44. The lowest BCUT2D eigenvalue weighted by atomic mass is 9.93. The van der Waals surface area contributed by atoms with E-state index in [1.54, 1.807) is 0 Å². The fraction of sp³-hybridized carbons (Fsp3) is 0.273. The maximum Gasteiger partial charge on any atom is 0.0566 e. The van der Waals surface area contributed by atoms with Gasteiger partial charge in [0.25, 0.3) is 0 Å². The fourth-order valence-electron chi connectivity index (χ4n) is 1.24. The molecule has 1 heteroatoms. The molecule has 0 heterocycles. The molecule has 2 N–H and O–H groups in total. The lowest BCUT2D eigenvalue weighted by Crippen LogP contribution is -2.30. The molecular weight excluding hydrogens is 146 g/mol. The largest absolute Gasteiger partial charge is 0.318 e. The van der Waals surface area contributed by atoms with Gasteiger partial charge in [-0.25, -0.2) is 0 Å². The molecular formula is C11H15N. The SMILES string of the molecule is C/C=C/[C@@](C)(N)c1ccccc1. The maximum absolute atomic E-state index is 6.06. The standard InChI is InChI=1S/C11H15N/c1-3-9-11(2,12)10-7-5-4-6-8-10/h3-9H,12H2,1-2H3/b9-3+/t11-/m1/s1. The first-order chi connectivity index (χ1) is 5.67. The van der Waals surface area contributed by atoms with Crippen LogP contribution in [0.15, 0.2) is 42.5 Å². The lowest BCUT2D eigenvalue weighted by Gasteiger charge is -2.20. The molecule has 0 bridgehead atoms. The molecule has 0 aliphatic carbocycles. The van der Waals surface area contributed by atoms with E-state index in [1.165, 1.54) is 0 Å². The molecule has 64 valence electrons. The van der Waals surface area contributed by atoms with Crippen LogP contribution in [0.2, 0.25) is 0 Å². The van der Waals surface area contributed by atoms with Crippen LogP contribution in [-0.2, 0) is 5.54 Å². The molecule has 0 saturated heterocycles. The molecule has 0 aromatic heterocycles. The molecule has 1 rings (SSSR count). The van der Waals surface area contributed by atoms with E-state index in [-0.39, 0.29) is 5.54 Å². The average Bonchev–Trinajstić information content (AvgIpc) is 2.06. The van der Waals surface area contributed by atoms with Gasteiger partial charge in [0.2, 0.25) is 0 Å². The second-order valence-electron chi connectivity index (χ2n) is 3.15. The summed E-state index contributed by atoms with van der Waals surface area (Å²) in [5.74, 6) is 0. The number of hydrogen-bond acceptors (Lipinski definition) is 1. The zero-order chi connectivity index (χ0) is 9.03. The second kappa shape index (κ2) is 3.55. The van der Waals surface area contributed by atoms with Crippen molar-refractivity contribution in [2.45, 2.75) is 19.4 Å². The van der Waals surface area contributed by atoms with E-state index in [0.717, 1.165) is 5.56 Å². The highest BCUT2D eigenvalue weighted by molar-refractivity contribution is 5.27. The van der Waals surface area contributed by atoms with E-state index in [9.17, 15) is 0 Å². The van der Waals surface area contributed by atoms with Gasteiger partial charge in [-0.05, 0) is 19.4 Å². The van der Waals surface area contributed by atoms with Crippen LogP contribution in [-0.4, -0.2) is 0 Å². The van der Waals surface area contributed by atoms with Crippen molar-refractivity contribution in [3.63, 3.8) is 0 Å². The Balaban J connectivity index is 2.97. The molecule has 12 heavy (non-hydrogen) atoms. The smallest absolute Gasteiger partial charge is 0.0566 e. The van der Waals surface area contributed by atoms with E-state index in [1.807, 2.05) is 56.3 Å². The van der Waals surface area contributed by atoms with Crippen molar-refractivity contribution < 1.29 is 0 Å². The normalized spacial score (nSPS) is 16.2. The Hall–Kier alpha value is -1.08. The van der Waals surface area contributed by atoms with Crippen molar-refractivity contribution in [3.05, 3.63) is 48.0 Å². The Kier molecular flexibility index (Phi) is 2.66. The topological polar surface area (TPSA) is 26.0 Å². The van der Waals surface area contributed by atoms with Crippen molar-refractivity contribution in [1.82, 2.24) is 0 Å². The molecule has 0 radical (unpaired) electrons. The van der Waals surface area contributed by atoms with Crippen molar-refractivity contribution in [1.29, 1.82) is 0 Å².